The van der Waals surface area contributed by atoms with Crippen LogP contribution in [0.25, 0.3) is 11.0 Å². The van der Waals surface area contributed by atoms with Crippen molar-refractivity contribution >= 4 is 44.4 Å². The van der Waals surface area contributed by atoms with Gasteiger partial charge in [-0.3, -0.25) is 4.79 Å². The molecule has 0 unspecified atom stereocenters. The molecule has 8 nitrogen and oxygen atoms in total. The van der Waals surface area contributed by atoms with Crippen LogP contribution >= 0.6 is 15.9 Å². The lowest BCUT2D eigenvalue weighted by Crippen LogP contribution is -2.65. The van der Waals surface area contributed by atoms with Gasteiger partial charge in [0, 0.05) is 33.7 Å². The van der Waals surface area contributed by atoms with Crippen LogP contribution in [-0.2, 0) is 11.8 Å². The van der Waals surface area contributed by atoms with Crippen LogP contribution in [0, 0.1) is 0 Å². The predicted octanol–water partition coefficient (Wildman–Crippen LogP) is 3.35. The van der Waals surface area contributed by atoms with Crippen LogP contribution in [0.2, 0.25) is 0 Å². The van der Waals surface area contributed by atoms with Crippen LogP contribution < -0.4 is 15.4 Å². The van der Waals surface area contributed by atoms with Crippen molar-refractivity contribution in [3.63, 3.8) is 0 Å². The van der Waals surface area contributed by atoms with Gasteiger partial charge in [-0.15, -0.1) is 0 Å². The van der Waals surface area contributed by atoms with Crippen molar-refractivity contribution in [3.05, 3.63) is 27.1 Å². The van der Waals surface area contributed by atoms with Gasteiger partial charge in [-0.1, -0.05) is 6.92 Å². The van der Waals surface area contributed by atoms with E-state index in [4.69, 9.17) is 9.72 Å². The molecule has 4 rings (SSSR count). The van der Waals surface area contributed by atoms with E-state index in [2.05, 4.69) is 27.8 Å². The van der Waals surface area contributed by atoms with Crippen molar-refractivity contribution in [1.29, 1.82) is 0 Å². The Morgan fingerprint density at radius 2 is 1.90 bits per heavy atom. The summed E-state index contributed by atoms with van der Waals surface area (Å²) >= 11 is 3.49. The summed E-state index contributed by atoms with van der Waals surface area (Å²) in [6, 6.07) is 3.82. The summed E-state index contributed by atoms with van der Waals surface area (Å²) in [4.78, 5) is 37.1. The fraction of sp³-hybridized carbons (Fsp3) is 0.591. The third-order valence-electron chi connectivity index (χ3n) is 6.11. The predicted molar refractivity (Wildman–Crippen MR) is 126 cm³/mol. The van der Waals surface area contributed by atoms with Gasteiger partial charge in [0.25, 0.3) is 5.56 Å². The number of pyridine rings is 2. The van der Waals surface area contributed by atoms with Crippen molar-refractivity contribution in [3.8, 4) is 0 Å². The van der Waals surface area contributed by atoms with Crippen LogP contribution in [0.15, 0.2) is 21.5 Å². The number of likely N-dealkylation sites (N-methyl/N-ethyl adjacent to an activating group) is 1. The van der Waals surface area contributed by atoms with Gasteiger partial charge in [-0.05, 0) is 55.3 Å². The molecule has 1 fully saturated rings. The average Bonchev–Trinajstić information content (AvgIpc) is 2.68. The summed E-state index contributed by atoms with van der Waals surface area (Å²) in [6.45, 7) is 9.57. The van der Waals surface area contributed by atoms with Crippen LogP contribution in [0.3, 0.4) is 0 Å². The Bertz CT molecular complexity index is 1090. The number of piperazine rings is 1. The molecule has 1 saturated heterocycles. The highest BCUT2D eigenvalue weighted by molar-refractivity contribution is 9.10. The third-order valence-corrected chi connectivity index (χ3v) is 6.55. The second kappa shape index (κ2) is 7.69. The lowest BCUT2D eigenvalue weighted by molar-refractivity contribution is 0.0101. The molecule has 2 aromatic rings. The lowest BCUT2D eigenvalue weighted by atomic mass is 9.99. The number of ether oxygens (including phenoxy) is 1. The fourth-order valence-electron chi connectivity index (χ4n) is 4.65. The zero-order valence-electron chi connectivity index (χ0n) is 19.0. The summed E-state index contributed by atoms with van der Waals surface area (Å²) < 4.78 is 8.08. The molecule has 1 amide bonds. The molecular weight excluding hydrogens is 462 g/mol. The molecule has 2 aliphatic heterocycles. The molecule has 2 aliphatic rings. The maximum absolute atomic E-state index is 13.2. The van der Waals surface area contributed by atoms with Crippen molar-refractivity contribution in [2.24, 2.45) is 7.05 Å². The first-order chi connectivity index (χ1) is 14.5. The van der Waals surface area contributed by atoms with Crippen molar-refractivity contribution < 1.29 is 9.53 Å². The van der Waals surface area contributed by atoms with E-state index in [1.54, 1.807) is 11.6 Å². The smallest absolute Gasteiger partial charge is 0.410 e. The molecule has 0 N–H and O–H groups in total. The maximum atomic E-state index is 13.2. The Hall–Kier alpha value is -2.29. The number of aryl methyl sites for hydroxylation is 1. The molecule has 4 heterocycles. The lowest BCUT2D eigenvalue weighted by Gasteiger charge is -2.51. The maximum Gasteiger partial charge on any atom is 0.410 e. The molecule has 2 aromatic heterocycles. The number of halogens is 1. The van der Waals surface area contributed by atoms with Gasteiger partial charge in [-0.25, -0.2) is 9.78 Å². The summed E-state index contributed by atoms with van der Waals surface area (Å²) in [6.07, 6.45) is 0.523. The summed E-state index contributed by atoms with van der Waals surface area (Å²) in [7, 11) is 3.72. The Morgan fingerprint density at radius 1 is 1.19 bits per heavy atom. The monoisotopic (exact) mass is 491 g/mol. The van der Waals surface area contributed by atoms with E-state index < -0.39 is 5.60 Å². The van der Waals surface area contributed by atoms with E-state index in [0.717, 1.165) is 27.7 Å². The number of hydrogen-bond donors (Lipinski definition) is 0. The Balaban J connectivity index is 1.82. The SMILES string of the molecule is CC[C@@H]1CN2c3c(c(=O)n(C)c4ccc(Br)nc34)N(C)C[C@@H]2CN1C(=O)OC(C)(C)C. The summed E-state index contributed by atoms with van der Waals surface area (Å²) in [5.74, 6) is 0. The number of amides is 1. The van der Waals surface area contributed by atoms with E-state index in [-0.39, 0.29) is 23.7 Å². The first-order valence-corrected chi connectivity index (χ1v) is 11.5. The standard InChI is InChI=1S/C22H30BrN5O3/c1-7-13-11-27-14(12-28(13)21(30)31-22(2,3)4)10-25(5)19-18(27)17-15(26(6)20(19)29)8-9-16(23)24-17/h8-9,13-14H,7,10-12H2,1-6H3/t13-,14-/m1/s1. The van der Waals surface area contributed by atoms with Crippen molar-refractivity contribution in [1.82, 2.24) is 14.5 Å². The van der Waals surface area contributed by atoms with Crippen LogP contribution in [0.5, 0.6) is 0 Å². The number of carbonyl (C=O) groups excluding carboxylic acids is 1. The van der Waals surface area contributed by atoms with Crippen molar-refractivity contribution in [2.45, 2.75) is 51.8 Å². The average molecular weight is 492 g/mol. The largest absolute Gasteiger partial charge is 0.444 e. The number of nitrogens with zero attached hydrogens (tertiary/aromatic N) is 5. The van der Waals surface area contributed by atoms with E-state index in [0.29, 0.717) is 25.3 Å². The van der Waals surface area contributed by atoms with E-state index in [9.17, 15) is 9.59 Å². The third kappa shape index (κ3) is 3.77. The second-order valence-corrected chi connectivity index (χ2v) is 10.3. The quantitative estimate of drug-likeness (QED) is 0.569. The normalized spacial score (nSPS) is 21.2. The van der Waals surface area contributed by atoms with Crippen LogP contribution in [0.4, 0.5) is 16.2 Å². The van der Waals surface area contributed by atoms with Crippen LogP contribution in [-0.4, -0.2) is 64.9 Å². The molecule has 0 spiro atoms. The minimum absolute atomic E-state index is 0.00591. The van der Waals surface area contributed by atoms with E-state index in [1.807, 2.05) is 49.8 Å². The molecule has 0 bridgehead atoms. The summed E-state index contributed by atoms with van der Waals surface area (Å²) in [5, 5.41) is 0. The second-order valence-electron chi connectivity index (χ2n) is 9.44. The zero-order valence-corrected chi connectivity index (χ0v) is 20.6. The molecule has 0 saturated carbocycles. The van der Waals surface area contributed by atoms with Gasteiger partial charge in [0.2, 0.25) is 0 Å². The minimum Gasteiger partial charge on any atom is -0.444 e. The van der Waals surface area contributed by atoms with Crippen molar-refractivity contribution in [2.75, 3.05) is 36.5 Å². The molecule has 31 heavy (non-hydrogen) atoms. The van der Waals surface area contributed by atoms with E-state index >= 15 is 0 Å². The van der Waals surface area contributed by atoms with Crippen LogP contribution in [0.1, 0.15) is 34.1 Å². The van der Waals surface area contributed by atoms with E-state index in [1.165, 1.54) is 0 Å². The molecule has 9 heteroatoms. The highest BCUT2D eigenvalue weighted by Crippen LogP contribution is 2.40. The first kappa shape index (κ1) is 21.9. The topological polar surface area (TPSA) is 70.9 Å². The number of fused-ring (bicyclic) bond motifs is 5. The number of rotatable bonds is 1. The molecule has 0 radical (unpaired) electrons. The molecule has 0 aromatic carbocycles. The molecular formula is C22H30BrN5O3. The Labute approximate surface area is 190 Å². The number of aromatic nitrogens is 2. The number of carbonyl (C=O) groups is 1. The first-order valence-electron chi connectivity index (χ1n) is 10.7. The van der Waals surface area contributed by atoms with Gasteiger partial charge >= 0.3 is 6.09 Å². The molecule has 168 valence electrons. The highest BCUT2D eigenvalue weighted by atomic mass is 79.9. The summed E-state index contributed by atoms with van der Waals surface area (Å²) in [5.41, 5.74) is 2.54. The Kier molecular flexibility index (Phi) is 5.44. The molecule has 2 atom stereocenters. The minimum atomic E-state index is -0.541. The van der Waals surface area contributed by atoms with Gasteiger partial charge in [0.05, 0.1) is 23.3 Å². The van der Waals surface area contributed by atoms with Gasteiger partial charge in [0.1, 0.15) is 21.4 Å². The molecule has 0 aliphatic carbocycles. The number of anilines is 2. The highest BCUT2D eigenvalue weighted by Gasteiger charge is 2.43. The zero-order chi connectivity index (χ0) is 22.7. The Morgan fingerprint density at radius 3 is 2.55 bits per heavy atom. The van der Waals surface area contributed by atoms with Gasteiger partial charge in [0.15, 0.2) is 0 Å². The fourth-order valence-corrected chi connectivity index (χ4v) is 4.96. The number of hydrogen-bond acceptors (Lipinski definition) is 6. The van der Waals surface area contributed by atoms with Gasteiger partial charge < -0.3 is 24.0 Å². The van der Waals surface area contributed by atoms with Gasteiger partial charge in [-0.2, -0.15) is 0 Å².